The Hall–Kier alpha value is -3.86. The van der Waals surface area contributed by atoms with Gasteiger partial charge in [-0.3, -0.25) is 14.5 Å². The van der Waals surface area contributed by atoms with Crippen molar-refractivity contribution in [2.24, 2.45) is 0 Å². The van der Waals surface area contributed by atoms with Gasteiger partial charge < -0.3 is 14.6 Å². The highest BCUT2D eigenvalue weighted by molar-refractivity contribution is 8.00. The van der Waals surface area contributed by atoms with Crippen molar-refractivity contribution in [3.8, 4) is 11.5 Å². The molecule has 0 bridgehead atoms. The molecule has 8 nitrogen and oxygen atoms in total. The summed E-state index contributed by atoms with van der Waals surface area (Å²) in [5.74, 6) is 0.0879. The molecule has 11 heteroatoms. The van der Waals surface area contributed by atoms with E-state index in [0.29, 0.717) is 38.4 Å². The molecule has 0 unspecified atom stereocenters. The van der Waals surface area contributed by atoms with Gasteiger partial charge in [0, 0.05) is 22.8 Å². The standard InChI is InChI=1S/C30H24ClN3O5S2/c1-16-13-20-14-18(9-12-23(20)39-16)26(35)24-25(17-7-10-21(38-2)11-8-17)34(28(37)27(24)36)29-32-33-30(41-29)40-15-19-5-3-4-6-22(19)31/h3-12,14,16,25,35H,13,15H2,1-2H3/t16-,25-/m0/s1. The molecular formula is C30H24ClN3O5S2. The van der Waals surface area contributed by atoms with Crippen molar-refractivity contribution in [2.75, 3.05) is 12.0 Å². The molecule has 2 aliphatic rings. The van der Waals surface area contributed by atoms with Gasteiger partial charge in [0.2, 0.25) is 5.13 Å². The third-order valence-electron chi connectivity index (χ3n) is 6.96. The fourth-order valence-electron chi connectivity index (χ4n) is 4.97. The van der Waals surface area contributed by atoms with Crippen LogP contribution in [0.25, 0.3) is 5.76 Å². The van der Waals surface area contributed by atoms with Crippen molar-refractivity contribution >= 4 is 57.3 Å². The number of carbonyl (C=O) groups is 2. The number of fused-ring (bicyclic) bond motifs is 1. The summed E-state index contributed by atoms with van der Waals surface area (Å²) in [6.07, 6.45) is 0.709. The van der Waals surface area contributed by atoms with Gasteiger partial charge in [0.15, 0.2) is 4.34 Å². The van der Waals surface area contributed by atoms with E-state index in [4.69, 9.17) is 21.1 Å². The van der Waals surface area contributed by atoms with Crippen LogP contribution in [0.4, 0.5) is 5.13 Å². The number of Topliss-reactive ketones (excluding diaryl/α,β-unsaturated/α-hetero) is 1. The Balaban J connectivity index is 1.39. The zero-order valence-electron chi connectivity index (χ0n) is 22.0. The van der Waals surface area contributed by atoms with Gasteiger partial charge in [-0.1, -0.05) is 65.0 Å². The maximum atomic E-state index is 13.5. The van der Waals surface area contributed by atoms with Gasteiger partial charge in [0.25, 0.3) is 5.78 Å². The molecule has 6 rings (SSSR count). The molecule has 3 aromatic carbocycles. The van der Waals surface area contributed by atoms with Crippen molar-refractivity contribution < 1.29 is 24.2 Å². The molecule has 2 aliphatic heterocycles. The van der Waals surface area contributed by atoms with Crippen molar-refractivity contribution in [1.82, 2.24) is 10.2 Å². The van der Waals surface area contributed by atoms with Crippen LogP contribution in [0.3, 0.4) is 0 Å². The maximum Gasteiger partial charge on any atom is 0.301 e. The molecule has 3 heterocycles. The van der Waals surface area contributed by atoms with E-state index in [1.807, 2.05) is 31.2 Å². The van der Waals surface area contributed by atoms with E-state index in [1.54, 1.807) is 49.6 Å². The zero-order chi connectivity index (χ0) is 28.7. The van der Waals surface area contributed by atoms with Crippen LogP contribution in [-0.2, 0) is 21.8 Å². The highest BCUT2D eigenvalue weighted by Crippen LogP contribution is 2.45. The molecule has 0 spiro atoms. The predicted molar refractivity (Wildman–Crippen MR) is 159 cm³/mol. The second-order valence-electron chi connectivity index (χ2n) is 9.63. The summed E-state index contributed by atoms with van der Waals surface area (Å²) < 4.78 is 11.7. The smallest absolute Gasteiger partial charge is 0.301 e. The van der Waals surface area contributed by atoms with Gasteiger partial charge in [0.05, 0.1) is 18.7 Å². The number of nitrogens with zero attached hydrogens (tertiary/aromatic N) is 3. The fraction of sp³-hybridized carbons (Fsp3) is 0.200. The number of ether oxygens (including phenoxy) is 2. The number of amides is 1. The van der Waals surface area contributed by atoms with E-state index in [-0.39, 0.29) is 22.6 Å². The second kappa shape index (κ2) is 11.2. The minimum atomic E-state index is -0.918. The Morgan fingerprint density at radius 2 is 1.93 bits per heavy atom. The summed E-state index contributed by atoms with van der Waals surface area (Å²) in [6.45, 7) is 1.97. The summed E-state index contributed by atoms with van der Waals surface area (Å²) in [5, 5.41) is 21.0. The Morgan fingerprint density at radius 3 is 2.68 bits per heavy atom. The van der Waals surface area contributed by atoms with E-state index in [1.165, 1.54) is 28.0 Å². The Labute approximate surface area is 249 Å². The second-order valence-corrected chi connectivity index (χ2v) is 12.2. The molecule has 1 aromatic heterocycles. The van der Waals surface area contributed by atoms with Gasteiger partial charge in [-0.15, -0.1) is 10.2 Å². The number of aliphatic hydroxyl groups excluding tert-OH is 1. The number of aromatic nitrogens is 2. The van der Waals surface area contributed by atoms with Crippen LogP contribution in [0.1, 0.15) is 35.2 Å². The first kappa shape index (κ1) is 27.3. The maximum absolute atomic E-state index is 13.5. The number of anilines is 1. The van der Waals surface area contributed by atoms with Crippen LogP contribution in [0.2, 0.25) is 5.02 Å². The third-order valence-corrected chi connectivity index (χ3v) is 9.43. The van der Waals surface area contributed by atoms with Crippen LogP contribution >= 0.6 is 34.7 Å². The molecule has 1 amide bonds. The quantitative estimate of drug-likeness (QED) is 0.0844. The van der Waals surface area contributed by atoms with Crippen molar-refractivity contribution in [1.29, 1.82) is 0 Å². The SMILES string of the molecule is COc1ccc([C@H]2C(=C(O)c3ccc4c(c3)C[C@H](C)O4)C(=O)C(=O)N2c2nnc(SCc3ccccc3Cl)s2)cc1. The number of ketones is 1. The fourth-order valence-corrected chi connectivity index (χ4v) is 7.12. The lowest BCUT2D eigenvalue weighted by atomic mass is 9.94. The molecule has 4 aromatic rings. The number of halogens is 1. The lowest BCUT2D eigenvalue weighted by Gasteiger charge is -2.22. The number of thioether (sulfide) groups is 1. The van der Waals surface area contributed by atoms with Crippen LogP contribution in [0, 0.1) is 0 Å². The van der Waals surface area contributed by atoms with E-state index >= 15 is 0 Å². The van der Waals surface area contributed by atoms with Gasteiger partial charge in [0.1, 0.15) is 23.4 Å². The van der Waals surface area contributed by atoms with E-state index in [2.05, 4.69) is 10.2 Å². The van der Waals surface area contributed by atoms with Crippen molar-refractivity contribution in [3.05, 3.63) is 99.6 Å². The molecule has 208 valence electrons. The molecule has 0 aliphatic carbocycles. The zero-order valence-corrected chi connectivity index (χ0v) is 24.4. The summed E-state index contributed by atoms with van der Waals surface area (Å²) in [4.78, 5) is 28.4. The topological polar surface area (TPSA) is 102 Å². The molecule has 0 saturated carbocycles. The highest BCUT2D eigenvalue weighted by atomic mass is 35.5. The number of carbonyl (C=O) groups excluding carboxylic acids is 2. The Bertz CT molecular complexity index is 1690. The summed E-state index contributed by atoms with van der Waals surface area (Å²) in [7, 11) is 1.56. The number of hydrogen-bond acceptors (Lipinski definition) is 9. The number of aliphatic hydroxyl groups is 1. The van der Waals surface area contributed by atoms with Gasteiger partial charge in [-0.2, -0.15) is 0 Å². The molecule has 41 heavy (non-hydrogen) atoms. The number of methoxy groups -OCH3 is 1. The van der Waals surface area contributed by atoms with E-state index in [9.17, 15) is 14.7 Å². The van der Waals surface area contributed by atoms with E-state index < -0.39 is 17.7 Å². The normalized spacial score (nSPS) is 19.3. The van der Waals surface area contributed by atoms with Crippen LogP contribution in [0.5, 0.6) is 11.5 Å². The van der Waals surface area contributed by atoms with Crippen LogP contribution < -0.4 is 14.4 Å². The minimum Gasteiger partial charge on any atom is -0.507 e. The molecule has 2 atom stereocenters. The number of hydrogen-bond donors (Lipinski definition) is 1. The number of rotatable bonds is 7. The Kier molecular flexibility index (Phi) is 7.46. The molecule has 1 saturated heterocycles. The summed E-state index contributed by atoms with van der Waals surface area (Å²) in [6, 6.07) is 18.9. The average Bonchev–Trinajstić information content (AvgIpc) is 3.67. The lowest BCUT2D eigenvalue weighted by molar-refractivity contribution is -0.132. The summed E-state index contributed by atoms with van der Waals surface area (Å²) in [5.41, 5.74) is 2.91. The number of benzene rings is 3. The lowest BCUT2D eigenvalue weighted by Crippen LogP contribution is -2.29. The average molecular weight is 606 g/mol. The molecule has 1 N–H and O–H groups in total. The largest absolute Gasteiger partial charge is 0.507 e. The van der Waals surface area contributed by atoms with Crippen LogP contribution in [-0.4, -0.2) is 40.2 Å². The molecular weight excluding hydrogens is 582 g/mol. The van der Waals surface area contributed by atoms with Gasteiger partial charge in [-0.25, -0.2) is 0 Å². The first-order valence-electron chi connectivity index (χ1n) is 12.8. The van der Waals surface area contributed by atoms with Gasteiger partial charge >= 0.3 is 5.91 Å². The Morgan fingerprint density at radius 1 is 1.15 bits per heavy atom. The molecule has 1 fully saturated rings. The van der Waals surface area contributed by atoms with Crippen molar-refractivity contribution in [3.63, 3.8) is 0 Å². The highest BCUT2D eigenvalue weighted by Gasteiger charge is 2.48. The van der Waals surface area contributed by atoms with Gasteiger partial charge in [-0.05, 0) is 60.0 Å². The first-order valence-corrected chi connectivity index (χ1v) is 15.0. The van der Waals surface area contributed by atoms with Crippen LogP contribution in [0.15, 0.2) is 76.6 Å². The monoisotopic (exact) mass is 605 g/mol. The van der Waals surface area contributed by atoms with Crippen molar-refractivity contribution in [2.45, 2.75) is 35.6 Å². The summed E-state index contributed by atoms with van der Waals surface area (Å²) >= 11 is 8.93. The molecule has 0 radical (unpaired) electrons. The minimum absolute atomic E-state index is 0.0208. The first-order chi connectivity index (χ1) is 19.8. The predicted octanol–water partition coefficient (Wildman–Crippen LogP) is 6.44. The van der Waals surface area contributed by atoms with E-state index in [0.717, 1.165) is 16.9 Å². The third kappa shape index (κ3) is 5.18.